The van der Waals surface area contributed by atoms with Crippen molar-refractivity contribution in [2.45, 2.75) is 58.0 Å². The molecule has 3 heteroatoms. The van der Waals surface area contributed by atoms with E-state index in [1.807, 2.05) is 6.20 Å². The molecule has 3 rings (SSSR count). The molecule has 0 aromatic carbocycles. The van der Waals surface area contributed by atoms with Gasteiger partial charge in [0.25, 0.3) is 0 Å². The van der Waals surface area contributed by atoms with Crippen LogP contribution in [0.2, 0.25) is 0 Å². The Morgan fingerprint density at radius 3 is 2.83 bits per heavy atom. The summed E-state index contributed by atoms with van der Waals surface area (Å²) in [4.78, 5) is 0. The van der Waals surface area contributed by atoms with Crippen molar-refractivity contribution in [2.24, 2.45) is 23.5 Å². The van der Waals surface area contributed by atoms with E-state index in [-0.39, 0.29) is 6.04 Å². The number of rotatable bonds is 4. The number of nitrogens with two attached hydrogens (primary N) is 1. The van der Waals surface area contributed by atoms with Gasteiger partial charge in [0, 0.05) is 18.3 Å². The Balaban J connectivity index is 1.67. The maximum atomic E-state index is 6.43. The monoisotopic (exact) mass is 247 g/mol. The van der Waals surface area contributed by atoms with E-state index in [1.54, 1.807) is 0 Å². The van der Waals surface area contributed by atoms with Crippen molar-refractivity contribution in [3.63, 3.8) is 0 Å². The predicted molar refractivity (Wildman–Crippen MR) is 73.1 cm³/mol. The Bertz CT molecular complexity index is 410. The summed E-state index contributed by atoms with van der Waals surface area (Å²) in [5, 5.41) is 4.40. The summed E-state index contributed by atoms with van der Waals surface area (Å²) in [6.45, 7) is 4.33. The minimum atomic E-state index is 0.166. The minimum Gasteiger partial charge on any atom is -0.323 e. The fourth-order valence-corrected chi connectivity index (χ4v) is 4.16. The van der Waals surface area contributed by atoms with Crippen LogP contribution in [0.5, 0.6) is 0 Å². The largest absolute Gasteiger partial charge is 0.323 e. The molecule has 0 saturated heterocycles. The summed E-state index contributed by atoms with van der Waals surface area (Å²) in [6, 6.07) is 2.66. The van der Waals surface area contributed by atoms with E-state index in [9.17, 15) is 0 Å². The lowest BCUT2D eigenvalue weighted by molar-refractivity contribution is 0.290. The predicted octanol–water partition coefficient (Wildman–Crippen LogP) is 3.29. The molecule has 0 radical (unpaired) electrons. The summed E-state index contributed by atoms with van der Waals surface area (Å²) in [5.41, 5.74) is 7.64. The van der Waals surface area contributed by atoms with Gasteiger partial charge in [0.15, 0.2) is 0 Å². The van der Waals surface area contributed by atoms with Crippen molar-refractivity contribution in [2.75, 3.05) is 0 Å². The molecule has 2 aliphatic carbocycles. The van der Waals surface area contributed by atoms with Gasteiger partial charge in [-0.25, -0.2) is 0 Å². The van der Waals surface area contributed by atoms with Gasteiger partial charge in [0.2, 0.25) is 0 Å². The number of fused-ring (bicyclic) bond motifs is 2. The van der Waals surface area contributed by atoms with Gasteiger partial charge in [-0.3, -0.25) is 4.68 Å². The summed E-state index contributed by atoms with van der Waals surface area (Å²) in [7, 11) is 0. The highest BCUT2D eigenvalue weighted by atomic mass is 15.3. The molecule has 1 heterocycles. The van der Waals surface area contributed by atoms with E-state index in [0.717, 1.165) is 24.2 Å². The maximum Gasteiger partial charge on any atom is 0.0554 e. The third-order valence-electron chi connectivity index (χ3n) is 5.01. The smallest absolute Gasteiger partial charge is 0.0554 e. The first-order valence-corrected chi connectivity index (χ1v) is 7.44. The molecule has 2 fully saturated rings. The number of hydrogen-bond acceptors (Lipinski definition) is 2. The Hall–Kier alpha value is -0.830. The van der Waals surface area contributed by atoms with Crippen molar-refractivity contribution in [1.29, 1.82) is 0 Å². The Kier molecular flexibility index (Phi) is 3.18. The van der Waals surface area contributed by atoms with Crippen LogP contribution in [0.25, 0.3) is 0 Å². The lowest BCUT2D eigenvalue weighted by atomic mass is 9.84. The third kappa shape index (κ3) is 2.09. The van der Waals surface area contributed by atoms with Crippen molar-refractivity contribution < 1.29 is 0 Å². The number of hydrogen-bond donors (Lipinski definition) is 1. The highest BCUT2D eigenvalue weighted by Gasteiger charge is 2.40. The van der Waals surface area contributed by atoms with Crippen molar-refractivity contribution in [3.8, 4) is 0 Å². The summed E-state index contributed by atoms with van der Waals surface area (Å²) in [6.07, 6.45) is 8.86. The zero-order valence-electron chi connectivity index (χ0n) is 11.5. The Labute approximate surface area is 110 Å². The average Bonchev–Trinajstić information content (AvgIpc) is 3.04. The highest BCUT2D eigenvalue weighted by molar-refractivity contribution is 5.08. The van der Waals surface area contributed by atoms with Gasteiger partial charge in [-0.2, -0.15) is 5.10 Å². The molecule has 1 aromatic rings. The fraction of sp³-hybridized carbons (Fsp3) is 0.800. The second-order valence-electron chi connectivity index (χ2n) is 6.57. The third-order valence-corrected chi connectivity index (χ3v) is 5.01. The van der Waals surface area contributed by atoms with E-state index in [4.69, 9.17) is 5.73 Å². The first kappa shape index (κ1) is 12.2. The van der Waals surface area contributed by atoms with Gasteiger partial charge in [-0.05, 0) is 63.4 Å². The lowest BCUT2D eigenvalue weighted by Crippen LogP contribution is -2.22. The van der Waals surface area contributed by atoms with Crippen LogP contribution in [0.15, 0.2) is 12.3 Å². The Morgan fingerprint density at radius 1 is 1.39 bits per heavy atom. The van der Waals surface area contributed by atoms with Gasteiger partial charge < -0.3 is 5.73 Å². The van der Waals surface area contributed by atoms with Gasteiger partial charge in [0.1, 0.15) is 0 Å². The van der Waals surface area contributed by atoms with Crippen LogP contribution in [0, 0.1) is 17.8 Å². The van der Waals surface area contributed by atoms with Gasteiger partial charge in [-0.15, -0.1) is 0 Å². The standard InChI is InChI=1S/C15H25N3/c1-10(2)18-15(5-6-17-18)14(16)9-13-8-11-3-4-12(13)7-11/h5-6,10-14H,3-4,7-9,16H2,1-2H3. The zero-order valence-corrected chi connectivity index (χ0v) is 11.5. The van der Waals surface area contributed by atoms with Crippen LogP contribution < -0.4 is 5.73 Å². The van der Waals surface area contributed by atoms with Crippen LogP contribution in [0.4, 0.5) is 0 Å². The highest BCUT2D eigenvalue weighted by Crippen LogP contribution is 2.50. The quantitative estimate of drug-likeness (QED) is 0.887. The molecule has 2 saturated carbocycles. The van der Waals surface area contributed by atoms with Crippen LogP contribution in [-0.2, 0) is 0 Å². The molecular weight excluding hydrogens is 222 g/mol. The Morgan fingerprint density at radius 2 is 2.22 bits per heavy atom. The normalized spacial score (nSPS) is 32.3. The fourth-order valence-electron chi connectivity index (χ4n) is 4.16. The molecular formula is C15H25N3. The second kappa shape index (κ2) is 4.69. The van der Waals surface area contributed by atoms with Crippen LogP contribution in [-0.4, -0.2) is 9.78 Å². The molecule has 18 heavy (non-hydrogen) atoms. The first-order valence-electron chi connectivity index (χ1n) is 7.44. The molecule has 0 aliphatic heterocycles. The van der Waals surface area contributed by atoms with Gasteiger partial charge in [-0.1, -0.05) is 6.42 Å². The first-order chi connectivity index (χ1) is 8.65. The summed E-state index contributed by atoms with van der Waals surface area (Å²) in [5.74, 6) is 2.85. The van der Waals surface area contributed by atoms with E-state index in [1.165, 1.54) is 31.4 Å². The molecule has 2 bridgehead atoms. The number of nitrogens with zero attached hydrogens (tertiary/aromatic N) is 2. The van der Waals surface area contributed by atoms with Gasteiger partial charge >= 0.3 is 0 Å². The molecule has 4 atom stereocenters. The van der Waals surface area contributed by atoms with E-state index >= 15 is 0 Å². The molecule has 4 unspecified atom stereocenters. The van der Waals surface area contributed by atoms with E-state index < -0.39 is 0 Å². The summed E-state index contributed by atoms with van der Waals surface area (Å²) >= 11 is 0. The average molecular weight is 247 g/mol. The molecule has 2 aliphatic rings. The molecule has 1 aromatic heterocycles. The topological polar surface area (TPSA) is 43.8 Å². The molecule has 2 N–H and O–H groups in total. The number of aromatic nitrogens is 2. The zero-order chi connectivity index (χ0) is 12.7. The van der Waals surface area contributed by atoms with E-state index in [0.29, 0.717) is 6.04 Å². The minimum absolute atomic E-state index is 0.166. The maximum absolute atomic E-state index is 6.43. The molecule has 3 nitrogen and oxygen atoms in total. The summed E-state index contributed by atoms with van der Waals surface area (Å²) < 4.78 is 2.08. The molecule has 0 spiro atoms. The van der Waals surface area contributed by atoms with Crippen LogP contribution >= 0.6 is 0 Å². The van der Waals surface area contributed by atoms with Crippen molar-refractivity contribution >= 4 is 0 Å². The molecule has 0 amide bonds. The van der Waals surface area contributed by atoms with Crippen molar-refractivity contribution in [1.82, 2.24) is 9.78 Å². The SMILES string of the molecule is CC(C)n1nccc1C(N)CC1CC2CCC1C2. The van der Waals surface area contributed by atoms with Crippen molar-refractivity contribution in [3.05, 3.63) is 18.0 Å². The molecule has 100 valence electrons. The van der Waals surface area contributed by atoms with E-state index in [2.05, 4.69) is 29.7 Å². The van der Waals surface area contributed by atoms with Crippen LogP contribution in [0.1, 0.15) is 63.7 Å². The second-order valence-corrected chi connectivity index (χ2v) is 6.57. The lowest BCUT2D eigenvalue weighted by Gasteiger charge is -2.25. The van der Waals surface area contributed by atoms with Crippen LogP contribution in [0.3, 0.4) is 0 Å². The van der Waals surface area contributed by atoms with Gasteiger partial charge in [0.05, 0.1) is 5.69 Å².